The van der Waals surface area contributed by atoms with Crippen LogP contribution in [-0.2, 0) is 9.59 Å². The highest BCUT2D eigenvalue weighted by atomic mass is 16.3. The van der Waals surface area contributed by atoms with Crippen LogP contribution in [0.4, 0.5) is 0 Å². The molecule has 140 valence electrons. The van der Waals surface area contributed by atoms with Gasteiger partial charge in [-0.2, -0.15) is 0 Å². The van der Waals surface area contributed by atoms with Crippen molar-refractivity contribution in [3.63, 3.8) is 0 Å². The zero-order valence-corrected chi connectivity index (χ0v) is 15.0. The molecule has 1 unspecified atom stereocenters. The lowest BCUT2D eigenvalue weighted by atomic mass is 9.93. The second kappa shape index (κ2) is 8.35. The van der Waals surface area contributed by atoms with Crippen molar-refractivity contribution < 1.29 is 18.8 Å². The summed E-state index contributed by atoms with van der Waals surface area (Å²) in [6.45, 7) is 2.05. The van der Waals surface area contributed by atoms with Crippen molar-refractivity contribution in [1.82, 2.24) is 15.5 Å². The third kappa shape index (κ3) is 4.44. The smallest absolute Gasteiger partial charge is 0.287 e. The Morgan fingerprint density at radius 3 is 2.59 bits per heavy atom. The molecular formula is C20H21N3O4. The molecule has 2 aromatic rings. The number of carbonyl (C=O) groups excluding carboxylic acids is 3. The van der Waals surface area contributed by atoms with Crippen LogP contribution in [0.15, 0.2) is 53.3 Å². The lowest BCUT2D eigenvalue weighted by Gasteiger charge is -2.32. The van der Waals surface area contributed by atoms with Crippen LogP contribution in [-0.4, -0.2) is 35.7 Å². The molecule has 0 bridgehead atoms. The van der Waals surface area contributed by atoms with Gasteiger partial charge in [-0.05, 0) is 29.3 Å². The fraction of sp³-hybridized carbons (Fsp3) is 0.250. The number of rotatable bonds is 6. The average Bonchev–Trinajstić information content (AvgIpc) is 3.20. The topological polar surface area (TPSA) is 91.7 Å². The molecule has 0 fully saturated rings. The maximum absolute atomic E-state index is 12.4. The molecule has 0 saturated heterocycles. The molecule has 1 aliphatic heterocycles. The Balaban J connectivity index is 1.53. The first-order valence-electron chi connectivity index (χ1n) is 8.70. The predicted molar refractivity (Wildman–Crippen MR) is 99.4 cm³/mol. The van der Waals surface area contributed by atoms with E-state index in [1.54, 1.807) is 23.2 Å². The Morgan fingerprint density at radius 1 is 1.07 bits per heavy atom. The summed E-state index contributed by atoms with van der Waals surface area (Å²) in [7, 11) is 0. The maximum atomic E-state index is 12.4. The Hall–Kier alpha value is -3.35. The van der Waals surface area contributed by atoms with Crippen molar-refractivity contribution >= 4 is 23.8 Å². The largest absolute Gasteiger partial charge is 0.459 e. The summed E-state index contributed by atoms with van der Waals surface area (Å²) in [4.78, 5) is 37.6. The summed E-state index contributed by atoms with van der Waals surface area (Å²) in [6, 6.07) is 10.6. The van der Waals surface area contributed by atoms with Gasteiger partial charge in [0.15, 0.2) is 5.76 Å². The SMILES string of the molecule is CC(=O)N1C=Cc2ccccc2C1CC(=O)NCCNC(=O)c1ccco1. The minimum absolute atomic E-state index is 0.121. The number of nitrogens with zero attached hydrogens (tertiary/aromatic N) is 1. The molecule has 3 amide bonds. The van der Waals surface area contributed by atoms with Gasteiger partial charge in [0.1, 0.15) is 0 Å². The minimum atomic E-state index is -0.346. The lowest BCUT2D eigenvalue weighted by molar-refractivity contribution is -0.129. The van der Waals surface area contributed by atoms with E-state index in [4.69, 9.17) is 4.42 Å². The predicted octanol–water partition coefficient (Wildman–Crippen LogP) is 2.09. The van der Waals surface area contributed by atoms with E-state index in [2.05, 4.69) is 10.6 Å². The van der Waals surface area contributed by atoms with Crippen LogP contribution in [0, 0.1) is 0 Å². The fourth-order valence-corrected chi connectivity index (χ4v) is 3.03. The monoisotopic (exact) mass is 367 g/mol. The van der Waals surface area contributed by atoms with Crippen molar-refractivity contribution in [2.75, 3.05) is 13.1 Å². The fourth-order valence-electron chi connectivity index (χ4n) is 3.03. The van der Waals surface area contributed by atoms with Gasteiger partial charge in [-0.1, -0.05) is 24.3 Å². The van der Waals surface area contributed by atoms with Crippen LogP contribution in [0.2, 0.25) is 0 Å². The average molecular weight is 367 g/mol. The van der Waals surface area contributed by atoms with Crippen molar-refractivity contribution in [1.29, 1.82) is 0 Å². The second-order valence-electron chi connectivity index (χ2n) is 6.17. The van der Waals surface area contributed by atoms with E-state index in [1.807, 2.05) is 30.3 Å². The molecule has 3 rings (SSSR count). The molecule has 1 aromatic heterocycles. The third-order valence-corrected chi connectivity index (χ3v) is 4.33. The van der Waals surface area contributed by atoms with E-state index < -0.39 is 0 Å². The van der Waals surface area contributed by atoms with E-state index in [0.717, 1.165) is 11.1 Å². The van der Waals surface area contributed by atoms with Crippen molar-refractivity contribution in [2.45, 2.75) is 19.4 Å². The molecule has 1 aliphatic rings. The Kier molecular flexibility index (Phi) is 5.71. The molecule has 1 atom stereocenters. The van der Waals surface area contributed by atoms with E-state index in [9.17, 15) is 14.4 Å². The highest BCUT2D eigenvalue weighted by molar-refractivity contribution is 5.91. The zero-order chi connectivity index (χ0) is 19.2. The Bertz CT molecular complexity index is 858. The summed E-state index contributed by atoms with van der Waals surface area (Å²) in [5.41, 5.74) is 1.94. The van der Waals surface area contributed by atoms with Crippen LogP contribution in [0.5, 0.6) is 0 Å². The number of nitrogens with one attached hydrogen (secondary N) is 2. The second-order valence-corrected chi connectivity index (χ2v) is 6.17. The molecule has 2 N–H and O–H groups in total. The van der Waals surface area contributed by atoms with Gasteiger partial charge in [0.2, 0.25) is 11.8 Å². The van der Waals surface area contributed by atoms with E-state index in [0.29, 0.717) is 0 Å². The Labute approximate surface area is 157 Å². The van der Waals surface area contributed by atoms with Crippen molar-refractivity contribution in [3.05, 3.63) is 65.7 Å². The molecular weight excluding hydrogens is 346 g/mol. The molecule has 0 spiro atoms. The van der Waals surface area contributed by atoms with Gasteiger partial charge >= 0.3 is 0 Å². The number of amides is 3. The summed E-state index contributed by atoms with van der Waals surface area (Å²) in [5.74, 6) is -0.416. The number of fused-ring (bicyclic) bond motifs is 1. The molecule has 1 aromatic carbocycles. The molecule has 2 heterocycles. The van der Waals surface area contributed by atoms with Crippen LogP contribution in [0.1, 0.15) is 41.1 Å². The standard InChI is InChI=1S/C20H21N3O4/c1-14(24)23-11-8-15-5-2-3-6-16(15)17(23)13-19(25)21-9-10-22-20(26)18-7-4-12-27-18/h2-8,11-12,17H,9-10,13H2,1H3,(H,21,25)(H,22,26). The van der Waals surface area contributed by atoms with Gasteiger partial charge in [-0.3, -0.25) is 14.4 Å². The van der Waals surface area contributed by atoms with E-state index >= 15 is 0 Å². The Morgan fingerprint density at radius 2 is 1.85 bits per heavy atom. The lowest BCUT2D eigenvalue weighted by Crippen LogP contribution is -2.38. The quantitative estimate of drug-likeness (QED) is 0.765. The van der Waals surface area contributed by atoms with Crippen molar-refractivity contribution in [3.8, 4) is 0 Å². The highest BCUT2D eigenvalue weighted by Gasteiger charge is 2.27. The first-order chi connectivity index (χ1) is 13.1. The number of furan rings is 1. The van der Waals surface area contributed by atoms with Gasteiger partial charge < -0.3 is 20.0 Å². The maximum Gasteiger partial charge on any atom is 0.287 e. The summed E-state index contributed by atoms with van der Waals surface area (Å²) >= 11 is 0. The minimum Gasteiger partial charge on any atom is -0.459 e. The van der Waals surface area contributed by atoms with Crippen LogP contribution in [0.3, 0.4) is 0 Å². The summed E-state index contributed by atoms with van der Waals surface area (Å²) in [6.07, 6.45) is 5.16. The molecule has 0 aliphatic carbocycles. The molecule has 7 nitrogen and oxygen atoms in total. The number of benzene rings is 1. The normalized spacial score (nSPS) is 15.1. The van der Waals surface area contributed by atoms with E-state index in [1.165, 1.54) is 13.2 Å². The van der Waals surface area contributed by atoms with Gasteiger partial charge in [-0.25, -0.2) is 0 Å². The highest BCUT2D eigenvalue weighted by Crippen LogP contribution is 2.32. The molecule has 0 saturated carbocycles. The molecule has 0 radical (unpaired) electrons. The summed E-state index contributed by atoms with van der Waals surface area (Å²) in [5, 5.41) is 5.44. The molecule has 7 heteroatoms. The number of hydrogen-bond donors (Lipinski definition) is 2. The number of hydrogen-bond acceptors (Lipinski definition) is 4. The van der Waals surface area contributed by atoms with Crippen LogP contribution >= 0.6 is 0 Å². The number of carbonyl (C=O) groups is 3. The summed E-state index contributed by atoms with van der Waals surface area (Å²) < 4.78 is 5.00. The van der Waals surface area contributed by atoms with E-state index in [-0.39, 0.29) is 49.0 Å². The molecule has 27 heavy (non-hydrogen) atoms. The van der Waals surface area contributed by atoms with Crippen LogP contribution in [0.25, 0.3) is 6.08 Å². The van der Waals surface area contributed by atoms with Crippen LogP contribution < -0.4 is 10.6 Å². The zero-order valence-electron chi connectivity index (χ0n) is 15.0. The van der Waals surface area contributed by atoms with Gasteiger partial charge in [0.25, 0.3) is 5.91 Å². The van der Waals surface area contributed by atoms with Gasteiger partial charge in [0.05, 0.1) is 18.7 Å². The van der Waals surface area contributed by atoms with Crippen molar-refractivity contribution in [2.24, 2.45) is 0 Å². The first-order valence-corrected chi connectivity index (χ1v) is 8.70. The third-order valence-electron chi connectivity index (χ3n) is 4.33. The van der Waals surface area contributed by atoms with Gasteiger partial charge in [0, 0.05) is 26.2 Å². The first kappa shape index (κ1) is 18.4. The van der Waals surface area contributed by atoms with Gasteiger partial charge in [-0.15, -0.1) is 0 Å².